The number of carbonyl (C=O) groups is 1. The highest BCUT2D eigenvalue weighted by molar-refractivity contribution is 7.89. The molecule has 0 aromatic heterocycles. The first-order valence-corrected chi connectivity index (χ1v) is 12.3. The highest BCUT2D eigenvalue weighted by atomic mass is 32.2. The standard InChI is InChI=1S/C23H25F3N2O4S/c24-12-19(29)22(30)28-13-23(9-10-23)21(27-33(31,32)14-25)18(28)11-16-7-4-8-17(20(16)26)15-5-2-1-3-6-15/h1-8,18-19,21,27,29H,9-14H2/t18-,19+,21+/m0/s1. The first kappa shape index (κ1) is 23.7. The van der Waals surface area contributed by atoms with Crippen LogP contribution in [0, 0.1) is 11.2 Å². The molecule has 10 heteroatoms. The Hall–Kier alpha value is -2.43. The first-order chi connectivity index (χ1) is 15.7. The van der Waals surface area contributed by atoms with Gasteiger partial charge in [-0.15, -0.1) is 0 Å². The molecule has 1 saturated heterocycles. The molecule has 2 fully saturated rings. The molecular weight excluding hydrogens is 457 g/mol. The monoisotopic (exact) mass is 482 g/mol. The van der Waals surface area contributed by atoms with Crippen LogP contribution in [0.15, 0.2) is 48.5 Å². The van der Waals surface area contributed by atoms with Gasteiger partial charge in [0.2, 0.25) is 16.0 Å². The Morgan fingerprint density at radius 3 is 2.45 bits per heavy atom. The van der Waals surface area contributed by atoms with Crippen LogP contribution in [0.4, 0.5) is 13.2 Å². The second-order valence-electron chi connectivity index (χ2n) is 8.73. The van der Waals surface area contributed by atoms with Gasteiger partial charge in [-0.05, 0) is 30.4 Å². The number of likely N-dealkylation sites (tertiary alicyclic amines) is 1. The van der Waals surface area contributed by atoms with Gasteiger partial charge in [-0.3, -0.25) is 4.79 Å². The van der Waals surface area contributed by atoms with E-state index in [1.54, 1.807) is 42.5 Å². The minimum atomic E-state index is -4.28. The Kier molecular flexibility index (Phi) is 6.52. The number of nitrogens with zero attached hydrogens (tertiary/aromatic N) is 1. The number of aliphatic hydroxyl groups excluding tert-OH is 1. The van der Waals surface area contributed by atoms with Crippen molar-refractivity contribution < 1.29 is 31.5 Å². The van der Waals surface area contributed by atoms with E-state index in [-0.39, 0.29) is 18.5 Å². The van der Waals surface area contributed by atoms with Crippen molar-refractivity contribution >= 4 is 15.9 Å². The van der Waals surface area contributed by atoms with Crippen molar-refractivity contribution in [2.45, 2.75) is 37.5 Å². The SMILES string of the molecule is O=C([C@H](O)CF)N1CC2(CC2)[C@H](NS(=O)(=O)CF)[C@@H]1Cc1cccc(-c2ccccc2)c1F. The van der Waals surface area contributed by atoms with Crippen LogP contribution < -0.4 is 4.72 Å². The third kappa shape index (κ3) is 4.64. The third-order valence-electron chi connectivity index (χ3n) is 6.58. The van der Waals surface area contributed by atoms with Crippen LogP contribution in [0.25, 0.3) is 11.1 Å². The minimum Gasteiger partial charge on any atom is -0.381 e. The highest BCUT2D eigenvalue weighted by Gasteiger charge is 2.61. The number of hydrogen-bond acceptors (Lipinski definition) is 4. The zero-order chi connectivity index (χ0) is 23.8. The van der Waals surface area contributed by atoms with E-state index in [1.165, 1.54) is 11.0 Å². The Morgan fingerprint density at radius 2 is 1.85 bits per heavy atom. The maximum absolute atomic E-state index is 15.5. The Balaban J connectivity index is 1.72. The van der Waals surface area contributed by atoms with Crippen molar-refractivity contribution in [2.75, 3.05) is 19.2 Å². The first-order valence-electron chi connectivity index (χ1n) is 10.6. The number of benzene rings is 2. The highest BCUT2D eigenvalue weighted by Crippen LogP contribution is 2.55. The third-order valence-corrected chi connectivity index (χ3v) is 7.48. The summed E-state index contributed by atoms with van der Waals surface area (Å²) < 4.78 is 68.1. The molecule has 0 radical (unpaired) electrons. The molecule has 33 heavy (non-hydrogen) atoms. The van der Waals surface area contributed by atoms with Gasteiger partial charge in [-0.2, -0.15) is 0 Å². The average Bonchev–Trinajstić information content (AvgIpc) is 3.55. The largest absolute Gasteiger partial charge is 0.381 e. The van der Waals surface area contributed by atoms with Crippen molar-refractivity contribution in [3.05, 3.63) is 59.9 Å². The molecule has 2 aromatic carbocycles. The average molecular weight is 483 g/mol. The summed E-state index contributed by atoms with van der Waals surface area (Å²) in [4.78, 5) is 14.0. The molecule has 2 aromatic rings. The fraction of sp³-hybridized carbons (Fsp3) is 0.435. The molecule has 178 valence electrons. The number of nitrogens with one attached hydrogen (secondary N) is 1. The second kappa shape index (κ2) is 9.08. The summed E-state index contributed by atoms with van der Waals surface area (Å²) in [6, 6.07) is 10.2. The fourth-order valence-electron chi connectivity index (χ4n) is 4.73. The predicted molar refractivity (Wildman–Crippen MR) is 117 cm³/mol. The summed E-state index contributed by atoms with van der Waals surface area (Å²) in [5, 5.41) is 9.83. The zero-order valence-corrected chi connectivity index (χ0v) is 18.6. The quantitative estimate of drug-likeness (QED) is 0.606. The van der Waals surface area contributed by atoms with Crippen molar-refractivity contribution in [1.29, 1.82) is 0 Å². The van der Waals surface area contributed by atoms with Crippen molar-refractivity contribution in [3.63, 3.8) is 0 Å². The number of rotatable bonds is 8. The van der Waals surface area contributed by atoms with Gasteiger partial charge in [0.1, 0.15) is 12.5 Å². The van der Waals surface area contributed by atoms with E-state index in [0.29, 0.717) is 24.0 Å². The van der Waals surface area contributed by atoms with E-state index in [0.717, 1.165) is 0 Å². The van der Waals surface area contributed by atoms with Crippen LogP contribution in [0.2, 0.25) is 0 Å². The number of aliphatic hydroxyl groups is 1. The summed E-state index contributed by atoms with van der Waals surface area (Å²) in [6.45, 7) is -1.22. The topological polar surface area (TPSA) is 86.7 Å². The van der Waals surface area contributed by atoms with Gasteiger partial charge in [0.25, 0.3) is 5.91 Å². The van der Waals surface area contributed by atoms with Gasteiger partial charge in [-0.25, -0.2) is 26.3 Å². The predicted octanol–water partition coefficient (Wildman–Crippen LogP) is 2.57. The van der Waals surface area contributed by atoms with E-state index in [1.807, 2.05) is 0 Å². The normalized spacial score (nSPS) is 22.5. The molecule has 1 saturated carbocycles. The molecule has 3 atom stereocenters. The van der Waals surface area contributed by atoms with Crippen molar-refractivity contribution in [3.8, 4) is 11.1 Å². The van der Waals surface area contributed by atoms with E-state index in [2.05, 4.69) is 4.72 Å². The number of carbonyl (C=O) groups excluding carboxylic acids is 1. The maximum atomic E-state index is 15.5. The van der Waals surface area contributed by atoms with E-state index in [4.69, 9.17) is 0 Å². The lowest BCUT2D eigenvalue weighted by molar-refractivity contribution is -0.142. The van der Waals surface area contributed by atoms with E-state index in [9.17, 15) is 27.1 Å². The van der Waals surface area contributed by atoms with Crippen LogP contribution in [0.1, 0.15) is 18.4 Å². The molecule has 1 aliphatic carbocycles. The summed E-state index contributed by atoms with van der Waals surface area (Å²) in [5.74, 6) is -1.42. The summed E-state index contributed by atoms with van der Waals surface area (Å²) >= 11 is 0. The lowest BCUT2D eigenvalue weighted by Crippen LogP contribution is -2.51. The fourth-order valence-corrected chi connectivity index (χ4v) is 5.59. The number of alkyl halides is 2. The molecular formula is C23H25F3N2O4S. The van der Waals surface area contributed by atoms with Crippen molar-refractivity contribution in [2.24, 2.45) is 5.41 Å². The van der Waals surface area contributed by atoms with E-state index >= 15 is 4.39 Å². The van der Waals surface area contributed by atoms with Gasteiger partial charge in [0, 0.05) is 23.6 Å². The lowest BCUT2D eigenvalue weighted by Gasteiger charge is -2.30. The van der Waals surface area contributed by atoms with Crippen LogP contribution in [0.5, 0.6) is 0 Å². The Morgan fingerprint density at radius 1 is 1.15 bits per heavy atom. The maximum Gasteiger partial charge on any atom is 0.254 e. The van der Waals surface area contributed by atoms with Crippen LogP contribution >= 0.6 is 0 Å². The molecule has 2 aliphatic rings. The summed E-state index contributed by atoms with van der Waals surface area (Å²) in [5.41, 5.74) is 0.579. The summed E-state index contributed by atoms with van der Waals surface area (Å²) in [7, 11) is -4.28. The molecule has 0 bridgehead atoms. The lowest BCUT2D eigenvalue weighted by atomic mass is 9.91. The summed E-state index contributed by atoms with van der Waals surface area (Å²) in [6.07, 6.45) is -0.838. The van der Waals surface area contributed by atoms with Gasteiger partial charge in [0.05, 0.1) is 6.04 Å². The number of hydrogen-bond donors (Lipinski definition) is 2. The zero-order valence-electron chi connectivity index (χ0n) is 17.8. The minimum absolute atomic E-state index is 0.0764. The number of halogens is 3. The van der Waals surface area contributed by atoms with Crippen molar-refractivity contribution in [1.82, 2.24) is 9.62 Å². The molecule has 1 heterocycles. The van der Waals surface area contributed by atoms with Gasteiger partial charge < -0.3 is 10.0 Å². The Bertz CT molecular complexity index is 1130. The number of amides is 1. The van der Waals surface area contributed by atoms with Gasteiger partial charge in [0.15, 0.2) is 6.10 Å². The molecule has 1 aliphatic heterocycles. The Labute approximate surface area is 190 Å². The van der Waals surface area contributed by atoms with Crippen LogP contribution in [0.3, 0.4) is 0 Å². The molecule has 0 unspecified atom stereocenters. The van der Waals surface area contributed by atoms with Gasteiger partial charge in [-0.1, -0.05) is 48.5 Å². The van der Waals surface area contributed by atoms with Gasteiger partial charge >= 0.3 is 0 Å². The molecule has 6 nitrogen and oxygen atoms in total. The van der Waals surface area contributed by atoms with Crippen LogP contribution in [-0.2, 0) is 21.2 Å². The molecule has 4 rings (SSSR count). The molecule has 1 spiro atoms. The molecule has 1 amide bonds. The molecule has 2 N–H and O–H groups in total. The second-order valence-corrected chi connectivity index (χ2v) is 10.4. The van der Waals surface area contributed by atoms with Crippen LogP contribution in [-0.4, -0.2) is 61.7 Å². The van der Waals surface area contributed by atoms with E-state index < -0.39 is 58.0 Å². The smallest absolute Gasteiger partial charge is 0.254 e. The number of sulfonamides is 1.